The molecule has 36 heavy (non-hydrogen) atoms. The fourth-order valence-corrected chi connectivity index (χ4v) is 3.46. The van der Waals surface area contributed by atoms with Crippen molar-refractivity contribution in [3.63, 3.8) is 0 Å². The van der Waals surface area contributed by atoms with E-state index < -0.39 is 42.8 Å². The van der Waals surface area contributed by atoms with Crippen molar-refractivity contribution in [3.05, 3.63) is 0 Å². The van der Waals surface area contributed by atoms with E-state index in [1.54, 1.807) is 7.05 Å². The van der Waals surface area contributed by atoms with Crippen LogP contribution in [-0.4, -0.2) is 134 Å². The van der Waals surface area contributed by atoms with Gasteiger partial charge in [-0.25, -0.2) is 0 Å². The molecule has 13 nitrogen and oxygen atoms in total. The first-order valence-corrected chi connectivity index (χ1v) is 12.5. The number of hydrogen-bond donors (Lipinski definition) is 8. The number of nitrogens with zero attached hydrogens (tertiary/aromatic N) is 2. The molecule has 0 aromatic carbocycles. The first-order chi connectivity index (χ1) is 16.9. The predicted molar refractivity (Wildman–Crippen MR) is 138 cm³/mol. The molecule has 0 saturated carbocycles. The first kappa shape index (κ1) is 34.1. The van der Waals surface area contributed by atoms with E-state index in [1.807, 2.05) is 32.8 Å². The van der Waals surface area contributed by atoms with E-state index >= 15 is 0 Å². The number of carbonyl (C=O) groups is 3. The molecule has 0 rings (SSSR count). The third-order valence-electron chi connectivity index (χ3n) is 5.63. The van der Waals surface area contributed by atoms with Crippen LogP contribution in [0.2, 0.25) is 0 Å². The molecular weight excluding hydrogens is 470 g/mol. The number of hydrogen-bond acceptors (Lipinski definition) is 10. The summed E-state index contributed by atoms with van der Waals surface area (Å²) in [6, 6.07) is -1.90. The van der Waals surface area contributed by atoms with Crippen molar-refractivity contribution in [2.45, 2.75) is 58.2 Å². The van der Waals surface area contributed by atoms with Crippen molar-refractivity contribution < 1.29 is 29.7 Å². The minimum atomic E-state index is -1.81. The molecule has 0 fully saturated rings. The Morgan fingerprint density at radius 1 is 0.806 bits per heavy atom. The van der Waals surface area contributed by atoms with Gasteiger partial charge in [0.2, 0.25) is 17.7 Å². The van der Waals surface area contributed by atoms with Crippen LogP contribution < -0.4 is 26.6 Å². The van der Waals surface area contributed by atoms with Gasteiger partial charge in [0.1, 0.15) is 12.3 Å². The Hall–Kier alpha value is -1.87. The summed E-state index contributed by atoms with van der Waals surface area (Å²) < 4.78 is 0. The van der Waals surface area contributed by atoms with Gasteiger partial charge in [-0.1, -0.05) is 13.8 Å². The van der Waals surface area contributed by atoms with Crippen LogP contribution in [0.4, 0.5) is 0 Å². The fraction of sp³-hybridized carbons (Fsp3) is 0.870. The molecule has 0 aromatic rings. The molecule has 0 aliphatic heterocycles. The van der Waals surface area contributed by atoms with E-state index in [2.05, 4.69) is 26.6 Å². The van der Waals surface area contributed by atoms with Crippen LogP contribution in [0.15, 0.2) is 0 Å². The summed E-state index contributed by atoms with van der Waals surface area (Å²) >= 11 is 0. The number of rotatable bonds is 20. The number of nitrogens with one attached hydrogen (secondary N) is 5. The van der Waals surface area contributed by atoms with Gasteiger partial charge in [0.05, 0.1) is 12.6 Å². The minimum Gasteiger partial charge on any atom is -0.379 e. The van der Waals surface area contributed by atoms with E-state index in [1.165, 1.54) is 11.8 Å². The molecule has 3 atom stereocenters. The highest BCUT2D eigenvalue weighted by Gasteiger charge is 2.31. The lowest BCUT2D eigenvalue weighted by atomic mass is 10.0. The zero-order valence-corrected chi connectivity index (χ0v) is 22.7. The molecule has 0 radical (unpaired) electrons. The summed E-state index contributed by atoms with van der Waals surface area (Å²) in [5.74, 6) is -1.12. The van der Waals surface area contributed by atoms with Crippen molar-refractivity contribution >= 4 is 17.7 Å². The second-order valence-electron chi connectivity index (χ2n) is 9.34. The van der Waals surface area contributed by atoms with Crippen LogP contribution in [0.25, 0.3) is 0 Å². The Morgan fingerprint density at radius 2 is 1.36 bits per heavy atom. The Labute approximate surface area is 215 Å². The standard InChI is InChI=1S/C23H49N7O6/c1-16(2)13-19(29(6)17(3)31)23(36)28-18(14-21(33)34)22(35)27-8-7-26-20(32)15-30(11-9-24-4)12-10-25-5/h16-19,21,24-25,31,33-34H,7-15H2,1-6H3,(H,26,32)(H,27,35)(H,28,36)/t17-,18+,19+/m1/s1. The van der Waals surface area contributed by atoms with Crippen molar-refractivity contribution in [1.82, 2.24) is 36.4 Å². The summed E-state index contributed by atoms with van der Waals surface area (Å²) in [5, 5.41) is 42.8. The largest absolute Gasteiger partial charge is 0.379 e. The van der Waals surface area contributed by atoms with Gasteiger partial charge >= 0.3 is 0 Å². The highest BCUT2D eigenvalue weighted by atomic mass is 16.5. The SMILES string of the molecule is CNCCN(CCNC)CC(=O)NCCNC(=O)[C@H](CC(O)O)NC(=O)[C@H](CC(C)C)N(C)[C@@H](C)O. The Morgan fingerprint density at radius 3 is 1.83 bits per heavy atom. The minimum absolute atomic E-state index is 0.106. The second kappa shape index (κ2) is 19.3. The second-order valence-corrected chi connectivity index (χ2v) is 9.34. The molecule has 0 aromatic heterocycles. The molecular formula is C23H49N7O6. The van der Waals surface area contributed by atoms with E-state index in [0.29, 0.717) is 6.42 Å². The van der Waals surface area contributed by atoms with Crippen LogP contribution >= 0.6 is 0 Å². The maximum atomic E-state index is 12.9. The van der Waals surface area contributed by atoms with Crippen LogP contribution in [0.1, 0.15) is 33.6 Å². The highest BCUT2D eigenvalue weighted by Crippen LogP contribution is 2.13. The van der Waals surface area contributed by atoms with Crippen LogP contribution in [0.5, 0.6) is 0 Å². The molecule has 0 heterocycles. The van der Waals surface area contributed by atoms with Crippen molar-refractivity contribution in [2.75, 3.05) is 67.0 Å². The highest BCUT2D eigenvalue weighted by molar-refractivity contribution is 5.89. The monoisotopic (exact) mass is 519 g/mol. The third-order valence-corrected chi connectivity index (χ3v) is 5.63. The lowest BCUT2D eigenvalue weighted by Crippen LogP contribution is -2.56. The Balaban J connectivity index is 4.87. The lowest BCUT2D eigenvalue weighted by Gasteiger charge is -2.32. The van der Waals surface area contributed by atoms with E-state index in [0.717, 1.165) is 26.2 Å². The van der Waals surface area contributed by atoms with E-state index in [9.17, 15) is 29.7 Å². The Bertz CT molecular complexity index is 628. The van der Waals surface area contributed by atoms with Crippen molar-refractivity contribution in [3.8, 4) is 0 Å². The zero-order chi connectivity index (χ0) is 27.7. The van der Waals surface area contributed by atoms with E-state index in [4.69, 9.17) is 0 Å². The molecule has 212 valence electrons. The number of amides is 3. The Kier molecular flexibility index (Phi) is 18.3. The van der Waals surface area contributed by atoms with Gasteiger partial charge in [-0.2, -0.15) is 0 Å². The summed E-state index contributed by atoms with van der Waals surface area (Å²) in [7, 11) is 5.30. The topological polar surface area (TPSA) is 179 Å². The molecule has 0 aliphatic carbocycles. The third kappa shape index (κ3) is 15.3. The molecule has 0 unspecified atom stereocenters. The smallest absolute Gasteiger partial charge is 0.242 e. The molecule has 0 bridgehead atoms. The van der Waals surface area contributed by atoms with Gasteiger partial charge in [0.15, 0.2) is 6.29 Å². The van der Waals surface area contributed by atoms with Crippen molar-refractivity contribution in [1.29, 1.82) is 0 Å². The van der Waals surface area contributed by atoms with Gasteiger partial charge < -0.3 is 41.9 Å². The molecule has 8 N–H and O–H groups in total. The molecule has 3 amide bonds. The maximum Gasteiger partial charge on any atom is 0.242 e. The van der Waals surface area contributed by atoms with Gasteiger partial charge in [-0.3, -0.25) is 24.2 Å². The molecule has 13 heteroatoms. The molecule has 0 saturated heterocycles. The number of aliphatic hydroxyl groups excluding tert-OH is 2. The average Bonchev–Trinajstić information content (AvgIpc) is 2.80. The maximum absolute atomic E-state index is 12.9. The molecule has 0 spiro atoms. The summed E-state index contributed by atoms with van der Waals surface area (Å²) in [6.07, 6.45) is -2.65. The molecule has 0 aliphatic rings. The predicted octanol–water partition coefficient (Wildman–Crippen LogP) is -3.17. The number of carbonyl (C=O) groups excluding carboxylic acids is 3. The van der Waals surface area contributed by atoms with E-state index in [-0.39, 0.29) is 31.5 Å². The summed E-state index contributed by atoms with van der Waals surface area (Å²) in [6.45, 7) is 8.86. The van der Waals surface area contributed by atoms with Crippen LogP contribution in [-0.2, 0) is 14.4 Å². The average molecular weight is 520 g/mol. The summed E-state index contributed by atoms with van der Waals surface area (Å²) in [4.78, 5) is 41.4. The summed E-state index contributed by atoms with van der Waals surface area (Å²) in [5.41, 5.74) is 0. The van der Waals surface area contributed by atoms with Crippen LogP contribution in [0, 0.1) is 5.92 Å². The van der Waals surface area contributed by atoms with Gasteiger partial charge in [0, 0.05) is 45.7 Å². The lowest BCUT2D eigenvalue weighted by molar-refractivity contribution is -0.137. The normalized spacial score (nSPS) is 14.2. The van der Waals surface area contributed by atoms with Gasteiger partial charge in [0.25, 0.3) is 0 Å². The van der Waals surface area contributed by atoms with Gasteiger partial charge in [-0.15, -0.1) is 0 Å². The number of likely N-dealkylation sites (N-methyl/N-ethyl adjacent to an activating group) is 3. The van der Waals surface area contributed by atoms with Crippen LogP contribution in [0.3, 0.4) is 0 Å². The fourth-order valence-electron chi connectivity index (χ4n) is 3.46. The van der Waals surface area contributed by atoms with Gasteiger partial charge in [-0.05, 0) is 40.4 Å². The number of aliphatic hydroxyl groups is 3. The van der Waals surface area contributed by atoms with Crippen molar-refractivity contribution in [2.24, 2.45) is 5.92 Å². The quantitative estimate of drug-likeness (QED) is 0.0604. The zero-order valence-electron chi connectivity index (χ0n) is 22.7. The first-order valence-electron chi connectivity index (χ1n) is 12.5.